The van der Waals surface area contributed by atoms with E-state index < -0.39 is 9.84 Å². The lowest BCUT2D eigenvalue weighted by Gasteiger charge is -2.14. The molecule has 0 bridgehead atoms. The lowest BCUT2D eigenvalue weighted by Crippen LogP contribution is -2.25. The number of hydrogen-bond acceptors (Lipinski definition) is 5. The molecule has 3 rings (SSSR count). The number of benzene rings is 1. The van der Waals surface area contributed by atoms with Gasteiger partial charge in [0.15, 0.2) is 9.84 Å². The molecule has 2 aliphatic heterocycles. The summed E-state index contributed by atoms with van der Waals surface area (Å²) in [6, 6.07) is 3.93. The van der Waals surface area contributed by atoms with Crippen LogP contribution in [0, 0.1) is 5.92 Å². The van der Waals surface area contributed by atoms with Crippen LogP contribution in [0.1, 0.15) is 37.8 Å². The Bertz CT molecular complexity index is 759. The summed E-state index contributed by atoms with van der Waals surface area (Å²) in [5.41, 5.74) is 2.00. The van der Waals surface area contributed by atoms with Gasteiger partial charge in [-0.2, -0.15) is 0 Å². The standard InChI is InChI=1S/C18H25NO5S/c1-3-23-16-8-14-6-12(2)24-17(14)9-15(16)10-19-18(20)7-13-4-5-25(21,22)11-13/h8-9,12-13H,3-7,10-11H2,1-2H3,(H,19,20)/t12-,13+/m0/s1. The Labute approximate surface area is 148 Å². The molecule has 138 valence electrons. The van der Waals surface area contributed by atoms with Crippen molar-refractivity contribution in [1.29, 1.82) is 0 Å². The molecule has 0 saturated carbocycles. The van der Waals surface area contributed by atoms with Crippen molar-refractivity contribution in [3.63, 3.8) is 0 Å². The second-order valence-electron chi connectivity index (χ2n) is 6.88. The first-order valence-corrected chi connectivity index (χ1v) is 10.6. The summed E-state index contributed by atoms with van der Waals surface area (Å²) in [6.45, 7) is 4.85. The molecule has 7 heteroatoms. The average Bonchev–Trinajstić information content (AvgIpc) is 3.05. The number of carbonyl (C=O) groups excluding carboxylic acids is 1. The molecule has 2 heterocycles. The van der Waals surface area contributed by atoms with Crippen LogP contribution in [0.15, 0.2) is 12.1 Å². The summed E-state index contributed by atoms with van der Waals surface area (Å²) in [5, 5.41) is 2.89. The fourth-order valence-electron chi connectivity index (χ4n) is 3.47. The van der Waals surface area contributed by atoms with Crippen LogP contribution in [-0.4, -0.2) is 38.5 Å². The van der Waals surface area contributed by atoms with Crippen LogP contribution in [0.25, 0.3) is 0 Å². The number of amides is 1. The summed E-state index contributed by atoms with van der Waals surface area (Å²) < 4.78 is 34.5. The largest absolute Gasteiger partial charge is 0.494 e. The molecule has 0 radical (unpaired) electrons. The molecule has 1 amide bonds. The SMILES string of the molecule is CCOc1cc2c(cc1CNC(=O)C[C@H]1CCS(=O)(=O)C1)O[C@@H](C)C2. The second kappa shape index (κ2) is 7.23. The van der Waals surface area contributed by atoms with Gasteiger partial charge in [-0.25, -0.2) is 8.42 Å². The summed E-state index contributed by atoms with van der Waals surface area (Å²) in [7, 11) is -2.95. The number of nitrogens with one attached hydrogen (secondary N) is 1. The van der Waals surface area contributed by atoms with E-state index in [1.54, 1.807) is 0 Å². The smallest absolute Gasteiger partial charge is 0.220 e. The van der Waals surface area contributed by atoms with E-state index in [-0.39, 0.29) is 35.9 Å². The molecule has 1 saturated heterocycles. The van der Waals surface area contributed by atoms with Crippen molar-refractivity contribution in [1.82, 2.24) is 5.32 Å². The van der Waals surface area contributed by atoms with Crippen molar-refractivity contribution in [2.24, 2.45) is 5.92 Å². The zero-order valence-corrected chi connectivity index (χ0v) is 15.5. The van der Waals surface area contributed by atoms with Crippen molar-refractivity contribution >= 4 is 15.7 Å². The van der Waals surface area contributed by atoms with Crippen LogP contribution in [0.4, 0.5) is 0 Å². The zero-order chi connectivity index (χ0) is 18.0. The van der Waals surface area contributed by atoms with E-state index in [0.717, 1.165) is 29.0 Å². The van der Waals surface area contributed by atoms with Gasteiger partial charge in [0.1, 0.15) is 17.6 Å². The monoisotopic (exact) mass is 367 g/mol. The van der Waals surface area contributed by atoms with E-state index in [1.165, 1.54) is 0 Å². The minimum absolute atomic E-state index is 0.0689. The van der Waals surface area contributed by atoms with Crippen molar-refractivity contribution in [3.8, 4) is 11.5 Å². The van der Waals surface area contributed by atoms with E-state index in [9.17, 15) is 13.2 Å². The molecule has 25 heavy (non-hydrogen) atoms. The van der Waals surface area contributed by atoms with Gasteiger partial charge < -0.3 is 14.8 Å². The number of sulfone groups is 1. The molecule has 0 unspecified atom stereocenters. The summed E-state index contributed by atoms with van der Waals surface area (Å²) in [5.74, 6) is 1.74. The van der Waals surface area contributed by atoms with E-state index in [4.69, 9.17) is 9.47 Å². The average molecular weight is 367 g/mol. The van der Waals surface area contributed by atoms with Crippen LogP contribution in [0.3, 0.4) is 0 Å². The Hall–Kier alpha value is -1.76. The van der Waals surface area contributed by atoms with Gasteiger partial charge in [-0.1, -0.05) is 0 Å². The maximum Gasteiger partial charge on any atom is 0.220 e. The van der Waals surface area contributed by atoms with Gasteiger partial charge in [-0.05, 0) is 38.3 Å². The Morgan fingerprint density at radius 1 is 1.40 bits per heavy atom. The van der Waals surface area contributed by atoms with Gasteiger partial charge in [0.05, 0.1) is 18.1 Å². The maximum atomic E-state index is 12.2. The maximum absolute atomic E-state index is 12.2. The van der Waals surface area contributed by atoms with E-state index >= 15 is 0 Å². The molecule has 1 aromatic rings. The predicted molar refractivity (Wildman–Crippen MR) is 94.6 cm³/mol. The Morgan fingerprint density at radius 3 is 2.88 bits per heavy atom. The normalized spacial score (nSPS) is 23.8. The molecule has 2 atom stereocenters. The van der Waals surface area contributed by atoms with Crippen LogP contribution >= 0.6 is 0 Å². The third-order valence-electron chi connectivity index (χ3n) is 4.66. The van der Waals surface area contributed by atoms with E-state index in [1.807, 2.05) is 26.0 Å². The molecular weight excluding hydrogens is 342 g/mol. The summed E-state index contributed by atoms with van der Waals surface area (Å²) >= 11 is 0. The molecule has 6 nitrogen and oxygen atoms in total. The Morgan fingerprint density at radius 2 is 2.20 bits per heavy atom. The fourth-order valence-corrected chi connectivity index (χ4v) is 5.33. The van der Waals surface area contributed by atoms with Gasteiger partial charge in [0.2, 0.25) is 5.91 Å². The molecular formula is C18H25NO5S. The predicted octanol–water partition coefficient (Wildman–Crippen LogP) is 1.85. The first-order chi connectivity index (χ1) is 11.9. The quantitative estimate of drug-likeness (QED) is 0.830. The number of rotatable bonds is 6. The molecule has 2 aliphatic rings. The third kappa shape index (κ3) is 4.45. The first-order valence-electron chi connectivity index (χ1n) is 8.78. The van der Waals surface area contributed by atoms with Crippen molar-refractivity contribution in [3.05, 3.63) is 23.3 Å². The van der Waals surface area contributed by atoms with Crippen molar-refractivity contribution in [2.45, 2.75) is 45.8 Å². The number of fused-ring (bicyclic) bond motifs is 1. The van der Waals surface area contributed by atoms with Crippen molar-refractivity contribution < 1.29 is 22.7 Å². The molecule has 0 aliphatic carbocycles. The lowest BCUT2D eigenvalue weighted by atomic mass is 10.0. The van der Waals surface area contributed by atoms with Crippen LogP contribution in [0.5, 0.6) is 11.5 Å². The second-order valence-corrected chi connectivity index (χ2v) is 9.11. The molecule has 0 spiro atoms. The number of ether oxygens (including phenoxy) is 2. The van der Waals surface area contributed by atoms with E-state index in [0.29, 0.717) is 19.6 Å². The molecule has 1 N–H and O–H groups in total. The summed E-state index contributed by atoms with van der Waals surface area (Å²) in [6.07, 6.45) is 1.84. The molecule has 1 fully saturated rings. The van der Waals surface area contributed by atoms with Gasteiger partial charge in [0, 0.05) is 30.5 Å². The van der Waals surface area contributed by atoms with Crippen LogP contribution < -0.4 is 14.8 Å². The minimum Gasteiger partial charge on any atom is -0.494 e. The highest BCUT2D eigenvalue weighted by atomic mass is 32.2. The van der Waals surface area contributed by atoms with Gasteiger partial charge in [0.25, 0.3) is 0 Å². The Balaban J connectivity index is 1.62. The van der Waals surface area contributed by atoms with E-state index in [2.05, 4.69) is 5.32 Å². The summed E-state index contributed by atoms with van der Waals surface area (Å²) in [4.78, 5) is 12.2. The lowest BCUT2D eigenvalue weighted by molar-refractivity contribution is -0.122. The van der Waals surface area contributed by atoms with Gasteiger partial charge in [-0.3, -0.25) is 4.79 Å². The first kappa shape index (κ1) is 18.0. The van der Waals surface area contributed by atoms with Gasteiger partial charge >= 0.3 is 0 Å². The third-order valence-corrected chi connectivity index (χ3v) is 6.49. The number of hydrogen-bond donors (Lipinski definition) is 1. The topological polar surface area (TPSA) is 81.7 Å². The molecule has 0 aromatic heterocycles. The molecule has 1 aromatic carbocycles. The van der Waals surface area contributed by atoms with Crippen molar-refractivity contribution in [2.75, 3.05) is 18.1 Å². The highest BCUT2D eigenvalue weighted by Crippen LogP contribution is 2.35. The van der Waals surface area contributed by atoms with Crippen LogP contribution in [-0.2, 0) is 27.6 Å². The highest BCUT2D eigenvalue weighted by Gasteiger charge is 2.29. The highest BCUT2D eigenvalue weighted by molar-refractivity contribution is 7.91. The fraction of sp³-hybridized carbons (Fsp3) is 0.611. The van der Waals surface area contributed by atoms with Crippen LogP contribution in [0.2, 0.25) is 0 Å². The van der Waals surface area contributed by atoms with Gasteiger partial charge in [-0.15, -0.1) is 0 Å². The number of carbonyl (C=O) groups is 1. The Kier molecular flexibility index (Phi) is 5.22. The zero-order valence-electron chi connectivity index (χ0n) is 14.7. The minimum atomic E-state index is -2.95.